The third-order valence-electron chi connectivity index (χ3n) is 11.9. The van der Waals surface area contributed by atoms with E-state index in [4.69, 9.17) is 48.9 Å². The first-order valence-corrected chi connectivity index (χ1v) is 25.0. The summed E-state index contributed by atoms with van der Waals surface area (Å²) in [7, 11) is -3.51. The fourth-order valence-electron chi connectivity index (χ4n) is 7.82. The van der Waals surface area contributed by atoms with Crippen molar-refractivity contribution in [2.75, 3.05) is 19.8 Å². The minimum absolute atomic E-state index is 0.0868. The monoisotopic (exact) mass is 867 g/mol. The summed E-state index contributed by atoms with van der Waals surface area (Å²) < 4.78 is 24.3. The second kappa shape index (κ2) is 37.5. The molecule has 0 radical (unpaired) electrons. The molecule has 14 heteroatoms. The molecule has 2 aliphatic heterocycles. The van der Waals surface area contributed by atoms with Crippen LogP contribution in [0.15, 0.2) is 48.5 Å². The van der Waals surface area contributed by atoms with Crippen molar-refractivity contribution in [3.63, 3.8) is 0 Å². The lowest BCUT2D eigenvalue weighted by molar-refractivity contribution is 0.0860. The Morgan fingerprint density at radius 3 is 1.10 bits per heavy atom. The van der Waals surface area contributed by atoms with E-state index in [0.29, 0.717) is 24.1 Å². The van der Waals surface area contributed by atoms with Gasteiger partial charge in [0.25, 0.3) is 0 Å². The SMILES string of the molecule is CCCCCCCCCCC(O)CO.CCCCCCCCCCC1COB(c2ccc(B3OCC(CCCCCCCCCC)O3)cc2)O1.OB(O)c1ccc(B(O)O)cc1. The smallest absolute Gasteiger partial charge is 0.423 e. The van der Waals surface area contributed by atoms with Gasteiger partial charge < -0.3 is 48.9 Å². The Morgan fingerprint density at radius 2 is 0.790 bits per heavy atom. The van der Waals surface area contributed by atoms with Crippen molar-refractivity contribution in [1.29, 1.82) is 0 Å². The number of aliphatic hydroxyl groups excluding tert-OH is 2. The van der Waals surface area contributed by atoms with Crippen LogP contribution in [0, 0.1) is 0 Å². The highest BCUT2D eigenvalue weighted by atomic mass is 16.6. The maximum absolute atomic E-state index is 9.08. The predicted octanol–water partition coefficient (Wildman–Crippen LogP) is 6.89. The molecule has 0 amide bonds. The molecule has 2 saturated heterocycles. The number of unbranched alkanes of at least 4 members (excludes halogenated alkanes) is 21. The Kier molecular flexibility index (Phi) is 34.1. The highest BCUT2D eigenvalue weighted by Gasteiger charge is 2.35. The van der Waals surface area contributed by atoms with Crippen molar-refractivity contribution >= 4 is 50.3 Å². The third-order valence-corrected chi connectivity index (χ3v) is 11.9. The molecule has 4 rings (SSSR count). The van der Waals surface area contributed by atoms with Crippen molar-refractivity contribution in [2.24, 2.45) is 0 Å². The van der Waals surface area contributed by atoms with E-state index in [1.807, 2.05) is 0 Å². The molecule has 0 saturated carbocycles. The number of benzene rings is 2. The van der Waals surface area contributed by atoms with Gasteiger partial charge in [-0.3, -0.25) is 0 Å². The van der Waals surface area contributed by atoms with Crippen LogP contribution in [0.3, 0.4) is 0 Å². The molecule has 0 spiro atoms. The van der Waals surface area contributed by atoms with Crippen LogP contribution in [0.1, 0.15) is 194 Å². The zero-order valence-corrected chi connectivity index (χ0v) is 39.2. The first-order valence-electron chi connectivity index (χ1n) is 25.0. The van der Waals surface area contributed by atoms with Gasteiger partial charge in [0.1, 0.15) is 0 Å². The molecule has 2 aliphatic rings. The number of hydrogen-bond acceptors (Lipinski definition) is 10. The predicted molar refractivity (Wildman–Crippen MR) is 260 cm³/mol. The summed E-state index contributed by atoms with van der Waals surface area (Å²) in [5.41, 5.74) is 2.81. The summed E-state index contributed by atoms with van der Waals surface area (Å²) in [4.78, 5) is 0. The summed E-state index contributed by atoms with van der Waals surface area (Å²) in [6.45, 7) is 8.11. The largest absolute Gasteiger partial charge is 0.494 e. The Labute approximate surface area is 378 Å². The van der Waals surface area contributed by atoms with Crippen molar-refractivity contribution in [1.82, 2.24) is 0 Å². The maximum atomic E-state index is 9.08. The van der Waals surface area contributed by atoms with Gasteiger partial charge in [-0.1, -0.05) is 223 Å². The first kappa shape index (κ1) is 56.4. The van der Waals surface area contributed by atoms with Crippen LogP contribution in [0.25, 0.3) is 0 Å². The minimum Gasteiger partial charge on any atom is -0.423 e. The highest BCUT2D eigenvalue weighted by molar-refractivity contribution is 6.64. The zero-order valence-electron chi connectivity index (χ0n) is 39.2. The van der Waals surface area contributed by atoms with Crippen LogP contribution in [-0.2, 0) is 18.6 Å². The van der Waals surface area contributed by atoms with Gasteiger partial charge in [0.05, 0.1) is 38.1 Å². The summed E-state index contributed by atoms with van der Waals surface area (Å²) in [6, 6.07) is 14.1. The van der Waals surface area contributed by atoms with Crippen molar-refractivity contribution in [3.05, 3.63) is 48.5 Å². The molecular formula is C48H86B4O10. The summed E-state index contributed by atoms with van der Waals surface area (Å²) in [6.07, 6.45) is 34.8. The van der Waals surface area contributed by atoms with Gasteiger partial charge in [-0.25, -0.2) is 0 Å². The fourth-order valence-corrected chi connectivity index (χ4v) is 7.82. The minimum atomic E-state index is -1.52. The summed E-state index contributed by atoms with van der Waals surface area (Å²) in [5, 5.41) is 52.4. The molecule has 0 bridgehead atoms. The Morgan fingerprint density at radius 1 is 0.484 bits per heavy atom. The third kappa shape index (κ3) is 26.9. The van der Waals surface area contributed by atoms with Gasteiger partial charge in [0.2, 0.25) is 0 Å². The van der Waals surface area contributed by atoms with Crippen LogP contribution in [0.5, 0.6) is 0 Å². The van der Waals surface area contributed by atoms with E-state index < -0.39 is 20.3 Å². The van der Waals surface area contributed by atoms with Gasteiger partial charge in [0.15, 0.2) is 0 Å². The quantitative estimate of drug-likeness (QED) is 0.0338. The number of rotatable bonds is 32. The van der Waals surface area contributed by atoms with E-state index in [1.165, 1.54) is 172 Å². The van der Waals surface area contributed by atoms with E-state index in [0.717, 1.165) is 36.6 Å². The van der Waals surface area contributed by atoms with Crippen molar-refractivity contribution in [3.8, 4) is 0 Å². The van der Waals surface area contributed by atoms with Crippen LogP contribution in [0.4, 0.5) is 0 Å². The van der Waals surface area contributed by atoms with Crippen LogP contribution in [0.2, 0.25) is 0 Å². The molecule has 6 N–H and O–H groups in total. The van der Waals surface area contributed by atoms with Crippen LogP contribution >= 0.6 is 0 Å². The van der Waals surface area contributed by atoms with Gasteiger partial charge in [-0.2, -0.15) is 0 Å². The Hall–Kier alpha value is -1.70. The molecule has 3 unspecified atom stereocenters. The summed E-state index contributed by atoms with van der Waals surface area (Å²) >= 11 is 0. The summed E-state index contributed by atoms with van der Waals surface area (Å²) in [5.74, 6) is 0. The number of hydrogen-bond donors (Lipinski definition) is 6. The fraction of sp³-hybridized carbons (Fsp3) is 0.750. The molecule has 2 fully saturated rings. The maximum Gasteiger partial charge on any atom is 0.494 e. The average Bonchev–Trinajstić information content (AvgIpc) is 3.97. The zero-order chi connectivity index (χ0) is 45.0. The molecule has 2 aromatic rings. The molecular weight excluding hydrogens is 780 g/mol. The average molecular weight is 866 g/mol. The van der Waals surface area contributed by atoms with Gasteiger partial charge >= 0.3 is 28.5 Å². The van der Waals surface area contributed by atoms with Gasteiger partial charge in [-0.15, -0.1) is 0 Å². The molecule has 3 atom stereocenters. The van der Waals surface area contributed by atoms with E-state index in [2.05, 4.69) is 45.0 Å². The van der Waals surface area contributed by atoms with E-state index in [9.17, 15) is 0 Å². The molecule has 10 nitrogen and oxygen atoms in total. The Balaban J connectivity index is 0.000000414. The molecule has 0 aromatic heterocycles. The topological polar surface area (TPSA) is 158 Å². The molecule has 2 aromatic carbocycles. The number of aliphatic hydroxyl groups is 2. The lowest BCUT2D eigenvalue weighted by Gasteiger charge is -2.11. The molecule has 62 heavy (non-hydrogen) atoms. The Bertz CT molecular complexity index is 1210. The first-order chi connectivity index (χ1) is 30.2. The highest BCUT2D eigenvalue weighted by Crippen LogP contribution is 2.19. The van der Waals surface area contributed by atoms with Gasteiger partial charge in [0, 0.05) is 0 Å². The van der Waals surface area contributed by atoms with Gasteiger partial charge in [-0.05, 0) is 41.1 Å². The molecule has 350 valence electrons. The molecule has 2 heterocycles. The van der Waals surface area contributed by atoms with Crippen LogP contribution < -0.4 is 21.9 Å². The van der Waals surface area contributed by atoms with Crippen molar-refractivity contribution in [2.45, 2.75) is 212 Å². The van der Waals surface area contributed by atoms with E-state index in [-0.39, 0.29) is 33.1 Å². The normalized spacial score (nSPS) is 16.5. The second-order valence-corrected chi connectivity index (χ2v) is 17.6. The van der Waals surface area contributed by atoms with E-state index in [1.54, 1.807) is 0 Å². The standard InChI is InChI=1S/C30H52B2O4.C12H26O2.C6H8B2O4/c1-3-5-7-9-11-13-15-17-19-29-25-33-31(35-29)27-21-23-28(24-22-27)32-34-26-30(36-32)20-18-16-14-12-10-8-6-4-2;1-2-3-4-5-6-7-8-9-10-12(14)11-13;9-7(10)5-1-2-6(4-3-5)8(11)12/h21-24,29-30H,3-20,25-26H2,1-2H3;12-14H,2-11H2,1H3;1-4,9-12H. The van der Waals surface area contributed by atoms with E-state index >= 15 is 0 Å². The van der Waals surface area contributed by atoms with Crippen LogP contribution in [-0.4, -0.2) is 96.9 Å². The molecule has 0 aliphatic carbocycles. The van der Waals surface area contributed by atoms with Crippen molar-refractivity contribution < 1.29 is 48.9 Å². The lowest BCUT2D eigenvalue weighted by atomic mass is 9.74. The second-order valence-electron chi connectivity index (χ2n) is 17.6. The lowest BCUT2D eigenvalue weighted by Crippen LogP contribution is -2.37.